The highest BCUT2D eigenvalue weighted by Gasteiger charge is 2.29. The Balaban J connectivity index is 1.69. The van der Waals surface area contributed by atoms with Crippen molar-refractivity contribution in [2.45, 2.75) is 63.6 Å². The molecular weight excluding hydrogens is 268 g/mol. The van der Waals surface area contributed by atoms with E-state index >= 15 is 0 Å². The topological polar surface area (TPSA) is 50.8 Å². The lowest BCUT2D eigenvalue weighted by Gasteiger charge is -2.28. The average molecular weight is 298 g/mol. The van der Waals surface area contributed by atoms with E-state index in [2.05, 4.69) is 17.3 Å². The molecule has 0 spiro atoms. The molecule has 2 aliphatic rings. The number of hydrogen-bond donors (Lipinski definition) is 1. The van der Waals surface area contributed by atoms with Gasteiger partial charge in [0.1, 0.15) is 6.04 Å². The van der Waals surface area contributed by atoms with Crippen LogP contribution >= 0.6 is 0 Å². The van der Waals surface area contributed by atoms with Crippen molar-refractivity contribution < 1.29 is 14.3 Å². The lowest BCUT2D eigenvalue weighted by Crippen LogP contribution is -2.42. The van der Waals surface area contributed by atoms with Crippen LogP contribution in [-0.2, 0) is 14.3 Å². The predicted octanol–water partition coefficient (Wildman–Crippen LogP) is 1.56. The zero-order valence-corrected chi connectivity index (χ0v) is 13.5. The van der Waals surface area contributed by atoms with Gasteiger partial charge < -0.3 is 19.7 Å². The van der Waals surface area contributed by atoms with Crippen LogP contribution < -0.4 is 5.32 Å². The highest BCUT2D eigenvalue weighted by atomic mass is 16.5. The zero-order chi connectivity index (χ0) is 15.1. The Labute approximate surface area is 128 Å². The summed E-state index contributed by atoms with van der Waals surface area (Å²) in [5.74, 6) is -0.105. The standard InChI is InChI=1S/C16H30N2O3/c1-3-20-16(19)15(17-13-7-8-13)9-10-18(2)12-14-6-4-5-11-21-14/h13-15,17H,3-12H2,1-2H3. The average Bonchev–Trinajstić information content (AvgIpc) is 3.28. The molecule has 1 aliphatic carbocycles. The molecule has 0 bridgehead atoms. The Kier molecular flexibility index (Phi) is 6.93. The maximum atomic E-state index is 12.0. The lowest BCUT2D eigenvalue weighted by molar-refractivity contribution is -0.146. The molecule has 0 aromatic heterocycles. The van der Waals surface area contributed by atoms with Crippen LogP contribution in [0.1, 0.15) is 45.4 Å². The van der Waals surface area contributed by atoms with E-state index in [9.17, 15) is 4.79 Å². The van der Waals surface area contributed by atoms with Crippen molar-refractivity contribution in [3.63, 3.8) is 0 Å². The van der Waals surface area contributed by atoms with Crippen molar-refractivity contribution in [3.8, 4) is 0 Å². The van der Waals surface area contributed by atoms with Crippen LogP contribution in [0.4, 0.5) is 0 Å². The number of likely N-dealkylation sites (N-methyl/N-ethyl adjacent to an activating group) is 1. The number of carbonyl (C=O) groups is 1. The zero-order valence-electron chi connectivity index (χ0n) is 13.5. The molecule has 0 aromatic rings. The van der Waals surface area contributed by atoms with E-state index < -0.39 is 0 Å². The van der Waals surface area contributed by atoms with E-state index in [1.165, 1.54) is 25.7 Å². The fraction of sp³-hybridized carbons (Fsp3) is 0.938. The number of hydrogen-bond acceptors (Lipinski definition) is 5. The molecule has 0 aromatic carbocycles. The van der Waals surface area contributed by atoms with E-state index in [0.717, 1.165) is 32.5 Å². The van der Waals surface area contributed by atoms with Gasteiger partial charge in [-0.3, -0.25) is 4.79 Å². The van der Waals surface area contributed by atoms with Gasteiger partial charge in [-0.1, -0.05) is 0 Å². The van der Waals surface area contributed by atoms with Gasteiger partial charge in [-0.25, -0.2) is 0 Å². The third kappa shape index (κ3) is 6.32. The van der Waals surface area contributed by atoms with Gasteiger partial charge in [0.15, 0.2) is 0 Å². The second-order valence-electron chi connectivity index (χ2n) is 6.29. The molecule has 0 amide bonds. The second-order valence-corrected chi connectivity index (χ2v) is 6.29. The number of nitrogens with one attached hydrogen (secondary N) is 1. The maximum Gasteiger partial charge on any atom is 0.323 e. The van der Waals surface area contributed by atoms with Crippen LogP contribution in [0.2, 0.25) is 0 Å². The monoisotopic (exact) mass is 298 g/mol. The molecule has 1 saturated heterocycles. The molecule has 1 saturated carbocycles. The molecule has 0 radical (unpaired) electrons. The molecular formula is C16H30N2O3. The van der Waals surface area contributed by atoms with Gasteiger partial charge in [0.25, 0.3) is 0 Å². The molecule has 5 heteroatoms. The summed E-state index contributed by atoms with van der Waals surface area (Å²) in [5.41, 5.74) is 0. The van der Waals surface area contributed by atoms with Crippen molar-refractivity contribution in [1.29, 1.82) is 0 Å². The fourth-order valence-corrected chi connectivity index (χ4v) is 2.79. The Morgan fingerprint density at radius 2 is 2.19 bits per heavy atom. The third-order valence-corrected chi connectivity index (χ3v) is 4.17. The van der Waals surface area contributed by atoms with E-state index in [0.29, 0.717) is 18.8 Å². The van der Waals surface area contributed by atoms with Crippen LogP contribution in [0.5, 0.6) is 0 Å². The molecule has 1 aliphatic heterocycles. The Bertz CT molecular complexity index is 315. The van der Waals surface area contributed by atoms with E-state index in [4.69, 9.17) is 9.47 Å². The van der Waals surface area contributed by atoms with E-state index in [-0.39, 0.29) is 12.0 Å². The van der Waals surface area contributed by atoms with Gasteiger partial charge in [-0.15, -0.1) is 0 Å². The highest BCUT2D eigenvalue weighted by molar-refractivity contribution is 5.75. The predicted molar refractivity (Wildman–Crippen MR) is 82.3 cm³/mol. The van der Waals surface area contributed by atoms with Crippen molar-refractivity contribution in [2.75, 3.05) is 33.4 Å². The number of rotatable bonds is 9. The van der Waals surface area contributed by atoms with Crippen LogP contribution in [0.3, 0.4) is 0 Å². The number of carbonyl (C=O) groups excluding carboxylic acids is 1. The summed E-state index contributed by atoms with van der Waals surface area (Å²) in [6, 6.07) is 0.360. The smallest absolute Gasteiger partial charge is 0.323 e. The van der Waals surface area contributed by atoms with Gasteiger partial charge in [0.2, 0.25) is 0 Å². The lowest BCUT2D eigenvalue weighted by atomic mass is 10.1. The fourth-order valence-electron chi connectivity index (χ4n) is 2.79. The molecule has 21 heavy (non-hydrogen) atoms. The SMILES string of the molecule is CCOC(=O)C(CCN(C)CC1CCCCO1)NC1CC1. The molecule has 5 nitrogen and oxygen atoms in total. The largest absolute Gasteiger partial charge is 0.465 e. The number of nitrogens with zero attached hydrogens (tertiary/aromatic N) is 1. The van der Waals surface area contributed by atoms with Crippen molar-refractivity contribution in [2.24, 2.45) is 0 Å². The first-order chi connectivity index (χ1) is 10.2. The normalized spacial score (nSPS) is 24.0. The minimum Gasteiger partial charge on any atom is -0.465 e. The summed E-state index contributed by atoms with van der Waals surface area (Å²) in [6.45, 7) is 5.06. The van der Waals surface area contributed by atoms with Gasteiger partial charge in [0.05, 0.1) is 12.7 Å². The summed E-state index contributed by atoms with van der Waals surface area (Å²) in [4.78, 5) is 14.3. The van der Waals surface area contributed by atoms with Gasteiger partial charge in [-0.05, 0) is 59.0 Å². The third-order valence-electron chi connectivity index (χ3n) is 4.17. The highest BCUT2D eigenvalue weighted by Crippen LogP contribution is 2.20. The number of esters is 1. The number of ether oxygens (including phenoxy) is 2. The van der Waals surface area contributed by atoms with Crippen molar-refractivity contribution in [1.82, 2.24) is 10.2 Å². The first-order valence-electron chi connectivity index (χ1n) is 8.42. The minimum atomic E-state index is -0.160. The first kappa shape index (κ1) is 16.7. The van der Waals surface area contributed by atoms with Crippen LogP contribution in [-0.4, -0.2) is 62.4 Å². The molecule has 1 heterocycles. The maximum absolute atomic E-state index is 12.0. The summed E-state index contributed by atoms with van der Waals surface area (Å²) < 4.78 is 10.9. The molecule has 2 rings (SSSR count). The molecule has 2 atom stereocenters. The summed E-state index contributed by atoms with van der Waals surface area (Å²) in [5, 5.41) is 3.40. The summed E-state index contributed by atoms with van der Waals surface area (Å²) in [7, 11) is 2.11. The molecule has 1 N–H and O–H groups in total. The minimum absolute atomic E-state index is 0.105. The van der Waals surface area contributed by atoms with E-state index in [1.807, 2.05) is 6.92 Å². The van der Waals surface area contributed by atoms with Gasteiger partial charge >= 0.3 is 5.97 Å². The van der Waals surface area contributed by atoms with E-state index in [1.54, 1.807) is 0 Å². The van der Waals surface area contributed by atoms with Crippen LogP contribution in [0, 0.1) is 0 Å². The molecule has 2 fully saturated rings. The Hall–Kier alpha value is -0.650. The molecule has 2 unspecified atom stereocenters. The quantitative estimate of drug-likeness (QED) is 0.655. The van der Waals surface area contributed by atoms with Gasteiger partial charge in [-0.2, -0.15) is 0 Å². The van der Waals surface area contributed by atoms with Gasteiger partial charge in [0, 0.05) is 19.2 Å². The Morgan fingerprint density at radius 3 is 2.81 bits per heavy atom. The van der Waals surface area contributed by atoms with Crippen molar-refractivity contribution in [3.05, 3.63) is 0 Å². The summed E-state index contributed by atoms with van der Waals surface area (Å²) >= 11 is 0. The molecule has 122 valence electrons. The van der Waals surface area contributed by atoms with Crippen LogP contribution in [0.15, 0.2) is 0 Å². The van der Waals surface area contributed by atoms with Crippen molar-refractivity contribution >= 4 is 5.97 Å². The van der Waals surface area contributed by atoms with Crippen LogP contribution in [0.25, 0.3) is 0 Å². The second kappa shape index (κ2) is 8.71. The first-order valence-corrected chi connectivity index (χ1v) is 8.42. The summed E-state index contributed by atoms with van der Waals surface area (Å²) in [6.07, 6.45) is 7.15. The Morgan fingerprint density at radius 1 is 1.38 bits per heavy atom.